The molecule has 0 amide bonds. The second-order valence-corrected chi connectivity index (χ2v) is 7.66. The van der Waals surface area contributed by atoms with E-state index in [1.807, 2.05) is 6.08 Å². The Hall–Kier alpha value is -1.59. The fourth-order valence-corrected chi connectivity index (χ4v) is 3.38. The maximum absolute atomic E-state index is 10.9. The van der Waals surface area contributed by atoms with E-state index >= 15 is 0 Å². The van der Waals surface area contributed by atoms with Gasteiger partial charge in [0.25, 0.3) is 0 Å². The zero-order valence-corrected chi connectivity index (χ0v) is 14.9. The van der Waals surface area contributed by atoms with Gasteiger partial charge in [-0.25, -0.2) is 0 Å². The van der Waals surface area contributed by atoms with Crippen LogP contribution in [-0.4, -0.2) is 47.0 Å². The number of ether oxygens (including phenoxy) is 1. The molecular formula is C19H28N2O3. The second kappa shape index (κ2) is 6.73. The van der Waals surface area contributed by atoms with Crippen molar-refractivity contribution in [3.63, 3.8) is 0 Å². The number of nitrogens with zero attached hydrogens (tertiary/aromatic N) is 2. The summed E-state index contributed by atoms with van der Waals surface area (Å²) in [5, 5.41) is 15.6. The molecule has 1 aromatic heterocycles. The molecule has 5 heteroatoms. The molecule has 0 radical (unpaired) electrons. The van der Waals surface area contributed by atoms with Crippen LogP contribution in [0, 0.1) is 5.41 Å². The van der Waals surface area contributed by atoms with Crippen molar-refractivity contribution in [3.05, 3.63) is 28.7 Å². The average Bonchev–Trinajstić information content (AvgIpc) is 2.91. The predicted octanol–water partition coefficient (Wildman–Crippen LogP) is 1.41. The maximum Gasteiger partial charge on any atom is 0.165 e. The first kappa shape index (κ1) is 17.2. The Bertz CT molecular complexity index is 709. The number of piperidine rings is 1. The molecule has 0 bridgehead atoms. The number of likely N-dealkylation sites (tertiary alicyclic amines) is 1. The molecule has 5 nitrogen and oxygen atoms in total. The molecular weight excluding hydrogens is 304 g/mol. The molecule has 1 atom stereocenters. The quantitative estimate of drug-likeness (QED) is 0.903. The van der Waals surface area contributed by atoms with Crippen LogP contribution in [0.4, 0.5) is 0 Å². The van der Waals surface area contributed by atoms with Gasteiger partial charge in [-0.3, -0.25) is 4.90 Å². The Labute approximate surface area is 143 Å². The Morgan fingerprint density at radius 1 is 1.17 bits per heavy atom. The molecule has 2 heterocycles. The minimum atomic E-state index is -1.22. The van der Waals surface area contributed by atoms with E-state index < -0.39 is 5.60 Å². The summed E-state index contributed by atoms with van der Waals surface area (Å²) in [6.07, 6.45) is 11.3. The van der Waals surface area contributed by atoms with Gasteiger partial charge in [0.2, 0.25) is 0 Å². The van der Waals surface area contributed by atoms with Crippen LogP contribution in [-0.2, 0) is 4.74 Å². The lowest BCUT2D eigenvalue weighted by molar-refractivity contribution is 0.0565. The van der Waals surface area contributed by atoms with Gasteiger partial charge in [-0.2, -0.15) is 0 Å². The van der Waals surface area contributed by atoms with Crippen LogP contribution < -0.4 is 10.6 Å². The lowest BCUT2D eigenvalue weighted by Gasteiger charge is -2.30. The Balaban J connectivity index is 1.78. The minimum Gasteiger partial charge on any atom is -0.493 e. The standard InChI is InChI=1S/C19H28N2O3/c1-18(2)11-15-14-20-24-16(15)12-19(3,22)17(13-18)23-10-9-21-7-5-4-6-8-21/h11-14,22H,4-10H2,1-3H3/b15-11-,16-12+,17-13+. The summed E-state index contributed by atoms with van der Waals surface area (Å²) < 4.78 is 11.3. The lowest BCUT2D eigenvalue weighted by atomic mass is 9.87. The van der Waals surface area contributed by atoms with Gasteiger partial charge in [0, 0.05) is 23.3 Å². The molecule has 1 N–H and O–H groups in total. The Morgan fingerprint density at radius 3 is 2.67 bits per heavy atom. The van der Waals surface area contributed by atoms with Crippen molar-refractivity contribution < 1.29 is 14.4 Å². The number of rotatable bonds is 4. The molecule has 1 aliphatic carbocycles. The van der Waals surface area contributed by atoms with Gasteiger partial charge < -0.3 is 14.4 Å². The first-order valence-electron chi connectivity index (χ1n) is 8.83. The van der Waals surface area contributed by atoms with E-state index in [1.54, 1.807) is 19.2 Å². The van der Waals surface area contributed by atoms with Gasteiger partial charge in [-0.15, -0.1) is 0 Å². The van der Waals surface area contributed by atoms with Crippen molar-refractivity contribution in [1.82, 2.24) is 10.1 Å². The van der Waals surface area contributed by atoms with Crippen LogP contribution in [0.5, 0.6) is 0 Å². The summed E-state index contributed by atoms with van der Waals surface area (Å²) in [6, 6.07) is 0. The normalized spacial score (nSPS) is 32.1. The highest BCUT2D eigenvalue weighted by Gasteiger charge is 2.30. The van der Waals surface area contributed by atoms with Crippen molar-refractivity contribution >= 4 is 12.2 Å². The zero-order chi connectivity index (χ0) is 17.2. The number of aliphatic hydroxyl groups is 1. The smallest absolute Gasteiger partial charge is 0.165 e. The van der Waals surface area contributed by atoms with E-state index in [-0.39, 0.29) is 5.41 Å². The number of fused-ring (bicyclic) bond motifs is 1. The number of aromatic nitrogens is 1. The van der Waals surface area contributed by atoms with E-state index in [4.69, 9.17) is 9.26 Å². The van der Waals surface area contributed by atoms with Crippen LogP contribution in [0.15, 0.2) is 22.6 Å². The molecule has 24 heavy (non-hydrogen) atoms. The molecule has 0 aromatic carbocycles. The van der Waals surface area contributed by atoms with Gasteiger partial charge in [0.05, 0.1) is 6.20 Å². The fraction of sp³-hybridized carbons (Fsp3) is 0.632. The topological polar surface area (TPSA) is 58.7 Å². The van der Waals surface area contributed by atoms with E-state index in [2.05, 4.69) is 30.0 Å². The van der Waals surface area contributed by atoms with E-state index in [9.17, 15) is 5.11 Å². The van der Waals surface area contributed by atoms with Crippen molar-refractivity contribution in [2.24, 2.45) is 5.41 Å². The summed E-state index contributed by atoms with van der Waals surface area (Å²) in [5.74, 6) is 0.572. The fourth-order valence-electron chi connectivity index (χ4n) is 3.38. The van der Waals surface area contributed by atoms with E-state index in [0.29, 0.717) is 17.8 Å². The summed E-state index contributed by atoms with van der Waals surface area (Å²) >= 11 is 0. The van der Waals surface area contributed by atoms with Gasteiger partial charge in [-0.1, -0.05) is 31.5 Å². The first-order valence-corrected chi connectivity index (χ1v) is 8.83. The largest absolute Gasteiger partial charge is 0.493 e. The predicted molar refractivity (Wildman–Crippen MR) is 93.4 cm³/mol. The molecule has 132 valence electrons. The number of hydrogen-bond acceptors (Lipinski definition) is 5. The summed E-state index contributed by atoms with van der Waals surface area (Å²) in [7, 11) is 0. The second-order valence-electron chi connectivity index (χ2n) is 7.66. The molecule has 0 saturated carbocycles. The third-order valence-electron chi connectivity index (χ3n) is 4.68. The number of allylic oxidation sites excluding steroid dienone is 1. The lowest BCUT2D eigenvalue weighted by Crippen LogP contribution is -2.37. The van der Waals surface area contributed by atoms with Gasteiger partial charge in [-0.05, 0) is 38.9 Å². The molecule has 2 aliphatic rings. The molecule has 3 rings (SSSR count). The van der Waals surface area contributed by atoms with Crippen molar-refractivity contribution in [2.45, 2.75) is 45.6 Å². The molecule has 1 unspecified atom stereocenters. The van der Waals surface area contributed by atoms with Crippen LogP contribution in [0.25, 0.3) is 12.2 Å². The SMILES string of the molecule is CC1(C)/C=c2/cno/c2=C/C(C)(O)/C(OCCN2CCCCC2)=C\1. The van der Waals surface area contributed by atoms with E-state index in [1.165, 1.54) is 19.3 Å². The van der Waals surface area contributed by atoms with E-state index in [0.717, 1.165) is 24.9 Å². The van der Waals surface area contributed by atoms with Gasteiger partial charge in [0.15, 0.2) is 5.42 Å². The molecule has 0 spiro atoms. The highest BCUT2D eigenvalue weighted by molar-refractivity contribution is 5.47. The maximum atomic E-state index is 10.9. The number of hydrogen-bond donors (Lipinski definition) is 1. The highest BCUT2D eigenvalue weighted by atomic mass is 16.5. The van der Waals surface area contributed by atoms with Crippen molar-refractivity contribution in [1.29, 1.82) is 0 Å². The highest BCUT2D eigenvalue weighted by Crippen LogP contribution is 2.29. The van der Waals surface area contributed by atoms with Crippen LogP contribution in [0.1, 0.15) is 40.0 Å². The average molecular weight is 332 g/mol. The van der Waals surface area contributed by atoms with Crippen LogP contribution >= 0.6 is 0 Å². The summed E-state index contributed by atoms with van der Waals surface area (Å²) in [4.78, 5) is 2.43. The Morgan fingerprint density at radius 2 is 1.92 bits per heavy atom. The zero-order valence-electron chi connectivity index (χ0n) is 14.9. The van der Waals surface area contributed by atoms with Crippen LogP contribution in [0.3, 0.4) is 0 Å². The summed E-state index contributed by atoms with van der Waals surface area (Å²) in [5.41, 5.74) is -0.904. The minimum absolute atomic E-state index is 0.265. The third kappa shape index (κ3) is 4.08. The van der Waals surface area contributed by atoms with Gasteiger partial charge >= 0.3 is 0 Å². The van der Waals surface area contributed by atoms with Crippen molar-refractivity contribution in [2.75, 3.05) is 26.2 Å². The Kier molecular flexibility index (Phi) is 4.83. The monoisotopic (exact) mass is 332 g/mol. The molecule has 1 aromatic rings. The third-order valence-corrected chi connectivity index (χ3v) is 4.68. The molecule has 1 saturated heterocycles. The van der Waals surface area contributed by atoms with Crippen molar-refractivity contribution in [3.8, 4) is 0 Å². The van der Waals surface area contributed by atoms with Gasteiger partial charge in [0.1, 0.15) is 18.0 Å². The molecule has 1 aliphatic heterocycles. The van der Waals surface area contributed by atoms with Crippen LogP contribution in [0.2, 0.25) is 0 Å². The molecule has 1 fully saturated rings. The summed E-state index contributed by atoms with van der Waals surface area (Å²) in [6.45, 7) is 9.66. The first-order chi connectivity index (χ1) is 11.4.